The first-order chi connectivity index (χ1) is 16.8. The Balaban J connectivity index is 1.63. The largest absolute Gasteiger partial charge is 0.471 e. The highest BCUT2D eigenvalue weighted by molar-refractivity contribution is 7.92. The molecule has 35 heavy (non-hydrogen) atoms. The summed E-state index contributed by atoms with van der Waals surface area (Å²) >= 11 is 1.47. The van der Waals surface area contributed by atoms with Gasteiger partial charge in [-0.15, -0.1) is 11.3 Å². The van der Waals surface area contributed by atoms with E-state index in [4.69, 9.17) is 15.1 Å². The van der Waals surface area contributed by atoms with Gasteiger partial charge in [-0.1, -0.05) is 32.3 Å². The number of benzene rings is 1. The molecule has 1 aromatic carbocycles. The number of halogens is 1. The van der Waals surface area contributed by atoms with Crippen molar-refractivity contribution >= 4 is 33.0 Å². The van der Waals surface area contributed by atoms with E-state index in [1.54, 1.807) is 24.4 Å². The van der Waals surface area contributed by atoms with Crippen LogP contribution in [0.5, 0.6) is 0 Å². The first-order valence-electron chi connectivity index (χ1n) is 11.2. The quantitative estimate of drug-likeness (QED) is 0.344. The van der Waals surface area contributed by atoms with Crippen LogP contribution in [0.3, 0.4) is 0 Å². The van der Waals surface area contributed by atoms with E-state index in [0.29, 0.717) is 16.3 Å². The fraction of sp³-hybridized carbons (Fsp3) is 0.292. The molecule has 8 nitrogen and oxygen atoms in total. The number of hydrogen-bond acceptors (Lipinski definition) is 8. The molecular weight excluding hydrogens is 489 g/mol. The second kappa shape index (κ2) is 9.04. The molecule has 0 radical (unpaired) electrons. The minimum absolute atomic E-state index is 0.0966. The van der Waals surface area contributed by atoms with Crippen molar-refractivity contribution in [1.29, 1.82) is 0 Å². The van der Waals surface area contributed by atoms with E-state index in [-0.39, 0.29) is 27.5 Å². The Morgan fingerprint density at radius 1 is 1.14 bits per heavy atom. The van der Waals surface area contributed by atoms with Crippen LogP contribution in [0.1, 0.15) is 44.0 Å². The lowest BCUT2D eigenvalue weighted by molar-refractivity contribution is 0.318. The van der Waals surface area contributed by atoms with Gasteiger partial charge in [0.2, 0.25) is 5.95 Å². The van der Waals surface area contributed by atoms with Crippen molar-refractivity contribution in [3.63, 3.8) is 0 Å². The summed E-state index contributed by atoms with van der Waals surface area (Å²) < 4.78 is 48.3. The SMILES string of the molecule is CC1(c2nc(-c3cccc(NS(=O)(=O)c4ccoc4)c3F)c(-c3ccnc(N)n3)s2)CCCCC1. The zero-order chi connectivity index (χ0) is 24.6. The molecule has 0 amide bonds. The summed E-state index contributed by atoms with van der Waals surface area (Å²) in [5, 5.41) is 0.906. The molecule has 11 heteroatoms. The molecule has 1 saturated carbocycles. The number of nitrogens with one attached hydrogen (secondary N) is 1. The predicted octanol–water partition coefficient (Wildman–Crippen LogP) is 5.60. The third-order valence-corrected chi connectivity index (χ3v) is 9.04. The topological polar surface area (TPSA) is 124 Å². The lowest BCUT2D eigenvalue weighted by atomic mass is 9.76. The number of anilines is 2. The van der Waals surface area contributed by atoms with E-state index >= 15 is 4.39 Å². The summed E-state index contributed by atoms with van der Waals surface area (Å²) in [6.07, 6.45) is 9.28. The maximum absolute atomic E-state index is 15.8. The average Bonchev–Trinajstić information content (AvgIpc) is 3.52. The Morgan fingerprint density at radius 2 is 1.94 bits per heavy atom. The van der Waals surface area contributed by atoms with Crippen LogP contribution in [0.15, 0.2) is 58.4 Å². The minimum atomic E-state index is -4.02. The van der Waals surface area contributed by atoms with Gasteiger partial charge in [-0.3, -0.25) is 4.72 Å². The number of rotatable bonds is 6. The number of furan rings is 1. The van der Waals surface area contributed by atoms with Gasteiger partial charge in [0.1, 0.15) is 11.2 Å². The van der Waals surface area contributed by atoms with Gasteiger partial charge >= 0.3 is 0 Å². The van der Waals surface area contributed by atoms with Crippen molar-refractivity contribution in [1.82, 2.24) is 15.0 Å². The van der Waals surface area contributed by atoms with E-state index in [1.165, 1.54) is 36.2 Å². The maximum atomic E-state index is 15.8. The molecule has 0 saturated heterocycles. The molecule has 182 valence electrons. The Bertz CT molecular complexity index is 1460. The van der Waals surface area contributed by atoms with Crippen LogP contribution in [0, 0.1) is 5.82 Å². The Labute approximate surface area is 206 Å². The fourth-order valence-corrected chi connectivity index (χ4v) is 6.62. The third kappa shape index (κ3) is 4.53. The van der Waals surface area contributed by atoms with Crippen molar-refractivity contribution in [2.24, 2.45) is 0 Å². The van der Waals surface area contributed by atoms with Crippen LogP contribution in [-0.4, -0.2) is 23.4 Å². The van der Waals surface area contributed by atoms with Gasteiger partial charge in [-0.05, 0) is 37.1 Å². The van der Waals surface area contributed by atoms with Crippen LogP contribution in [0.4, 0.5) is 16.0 Å². The summed E-state index contributed by atoms with van der Waals surface area (Å²) in [5.41, 5.74) is 6.64. The normalized spacial score (nSPS) is 15.7. The third-order valence-electron chi connectivity index (χ3n) is 6.31. The summed E-state index contributed by atoms with van der Waals surface area (Å²) in [6, 6.07) is 7.55. The number of nitrogens with zero attached hydrogens (tertiary/aromatic N) is 3. The first kappa shape index (κ1) is 23.4. The van der Waals surface area contributed by atoms with Crippen molar-refractivity contribution in [3.05, 3.63) is 59.9 Å². The molecule has 0 unspecified atom stereocenters. The molecule has 5 rings (SSSR count). The minimum Gasteiger partial charge on any atom is -0.471 e. The number of sulfonamides is 1. The number of nitrogen functional groups attached to an aromatic ring is 1. The molecule has 1 fully saturated rings. The predicted molar refractivity (Wildman–Crippen MR) is 133 cm³/mol. The standard InChI is InChI=1S/C24H24FN5O3S2/c1-24(10-3-2-4-11-24)22-29-20(21(34-22)18-8-12-27-23(26)28-18)16-6-5-7-17(19(16)25)30-35(31,32)15-9-13-33-14-15/h5-9,12-14,30H,2-4,10-11H2,1H3,(H2,26,27,28). The van der Waals surface area contributed by atoms with E-state index in [2.05, 4.69) is 21.6 Å². The Morgan fingerprint density at radius 3 is 2.66 bits per heavy atom. The van der Waals surface area contributed by atoms with Crippen molar-refractivity contribution in [2.45, 2.75) is 49.3 Å². The average molecular weight is 514 g/mol. The molecule has 3 N–H and O–H groups in total. The van der Waals surface area contributed by atoms with Crippen LogP contribution < -0.4 is 10.5 Å². The molecule has 3 heterocycles. The van der Waals surface area contributed by atoms with Gasteiger partial charge in [0.25, 0.3) is 10.0 Å². The Hall–Kier alpha value is -3.31. The second-order valence-corrected chi connectivity index (χ2v) is 11.5. The lowest BCUT2D eigenvalue weighted by Gasteiger charge is -2.31. The van der Waals surface area contributed by atoms with Crippen LogP contribution in [0.2, 0.25) is 0 Å². The summed E-state index contributed by atoms with van der Waals surface area (Å²) in [5.74, 6) is -0.622. The number of nitrogens with two attached hydrogens (primary N) is 1. The van der Waals surface area contributed by atoms with Gasteiger partial charge in [-0.25, -0.2) is 27.8 Å². The van der Waals surface area contributed by atoms with Gasteiger partial charge in [0, 0.05) is 17.2 Å². The monoisotopic (exact) mass is 513 g/mol. The molecular formula is C24H24FN5O3S2. The summed E-state index contributed by atoms with van der Waals surface area (Å²) in [4.78, 5) is 13.8. The van der Waals surface area contributed by atoms with Crippen LogP contribution >= 0.6 is 11.3 Å². The molecule has 0 atom stereocenters. The van der Waals surface area contributed by atoms with E-state index in [0.717, 1.165) is 37.0 Å². The van der Waals surface area contributed by atoms with E-state index in [9.17, 15) is 8.42 Å². The van der Waals surface area contributed by atoms with Crippen molar-refractivity contribution in [2.75, 3.05) is 10.5 Å². The molecule has 4 aromatic rings. The Kier molecular flexibility index (Phi) is 6.06. The lowest BCUT2D eigenvalue weighted by Crippen LogP contribution is -2.24. The molecule has 0 bridgehead atoms. The number of aromatic nitrogens is 3. The van der Waals surface area contributed by atoms with Gasteiger partial charge in [0.15, 0.2) is 5.82 Å². The molecule has 3 aromatic heterocycles. The van der Waals surface area contributed by atoms with Gasteiger partial charge in [0.05, 0.1) is 33.2 Å². The molecule has 0 spiro atoms. The molecule has 1 aliphatic carbocycles. The van der Waals surface area contributed by atoms with Crippen molar-refractivity contribution in [3.8, 4) is 21.8 Å². The molecule has 0 aliphatic heterocycles. The zero-order valence-corrected chi connectivity index (χ0v) is 20.6. The number of thiazole rings is 1. The fourth-order valence-electron chi connectivity index (χ4n) is 4.38. The summed E-state index contributed by atoms with van der Waals surface area (Å²) in [7, 11) is -4.02. The van der Waals surface area contributed by atoms with Gasteiger partial charge in [-0.2, -0.15) is 0 Å². The van der Waals surface area contributed by atoms with Crippen molar-refractivity contribution < 1.29 is 17.2 Å². The van der Waals surface area contributed by atoms with E-state index < -0.39 is 15.8 Å². The highest BCUT2D eigenvalue weighted by atomic mass is 32.2. The highest BCUT2D eigenvalue weighted by Crippen LogP contribution is 2.46. The highest BCUT2D eigenvalue weighted by Gasteiger charge is 2.34. The van der Waals surface area contributed by atoms with Crippen LogP contribution in [0.25, 0.3) is 21.8 Å². The molecule has 1 aliphatic rings. The number of hydrogen-bond donors (Lipinski definition) is 2. The zero-order valence-electron chi connectivity index (χ0n) is 19.0. The first-order valence-corrected chi connectivity index (χ1v) is 13.5. The van der Waals surface area contributed by atoms with Gasteiger partial charge < -0.3 is 10.2 Å². The van der Waals surface area contributed by atoms with Crippen LogP contribution in [-0.2, 0) is 15.4 Å². The second-order valence-electron chi connectivity index (χ2n) is 8.85. The summed E-state index contributed by atoms with van der Waals surface area (Å²) in [6.45, 7) is 2.19. The van der Waals surface area contributed by atoms with E-state index in [1.807, 2.05) is 0 Å². The maximum Gasteiger partial charge on any atom is 0.265 e. The smallest absolute Gasteiger partial charge is 0.265 e.